The van der Waals surface area contributed by atoms with Gasteiger partial charge in [0.1, 0.15) is 0 Å². The van der Waals surface area contributed by atoms with Crippen LogP contribution in [0.1, 0.15) is 66.2 Å². The summed E-state index contributed by atoms with van der Waals surface area (Å²) in [4.78, 5) is 16.3. The summed E-state index contributed by atoms with van der Waals surface area (Å²) in [6.45, 7) is 19.2. The molecule has 0 spiro atoms. The molecule has 0 aromatic rings. The molecule has 144 valence electrons. The molecular weight excluding hydrogens is 308 g/mol. The second-order valence-electron chi connectivity index (χ2n) is 7.74. The van der Waals surface area contributed by atoms with Crippen molar-refractivity contribution in [3.05, 3.63) is 24.9 Å². The largest absolute Gasteiger partial charge is 0.372 e. The average molecular weight is 349 g/mol. The average Bonchev–Trinajstić information content (AvgIpc) is 3.09. The highest BCUT2D eigenvalue weighted by atomic mass is 16.2. The fourth-order valence-corrected chi connectivity index (χ4v) is 4.35. The normalized spacial score (nSPS) is 20.8. The van der Waals surface area contributed by atoms with Crippen LogP contribution >= 0.6 is 0 Å². The van der Waals surface area contributed by atoms with Crippen molar-refractivity contribution in [1.29, 1.82) is 0 Å². The Morgan fingerprint density at radius 3 is 2.52 bits per heavy atom. The molecule has 1 amide bonds. The van der Waals surface area contributed by atoms with E-state index in [4.69, 9.17) is 0 Å². The summed E-state index contributed by atoms with van der Waals surface area (Å²) in [7, 11) is 1.93. The number of carbonyl (C=O) groups is 1. The van der Waals surface area contributed by atoms with Crippen molar-refractivity contribution < 1.29 is 4.79 Å². The number of amides is 1. The summed E-state index contributed by atoms with van der Waals surface area (Å²) >= 11 is 0. The lowest BCUT2D eigenvalue weighted by Crippen LogP contribution is -2.38. The van der Waals surface area contributed by atoms with E-state index in [9.17, 15) is 4.79 Å². The van der Waals surface area contributed by atoms with E-state index in [0.29, 0.717) is 30.2 Å². The molecular formula is C22H40N2O. The van der Waals surface area contributed by atoms with E-state index in [1.807, 2.05) is 18.9 Å². The predicted molar refractivity (Wildman–Crippen MR) is 108 cm³/mol. The number of hydrogen-bond acceptors (Lipinski definition) is 2. The number of carbonyl (C=O) groups excluding carboxylic acids is 1. The van der Waals surface area contributed by atoms with E-state index < -0.39 is 0 Å². The Labute approximate surface area is 156 Å². The van der Waals surface area contributed by atoms with Gasteiger partial charge in [0.05, 0.1) is 0 Å². The van der Waals surface area contributed by atoms with Crippen molar-refractivity contribution in [1.82, 2.24) is 9.80 Å². The molecule has 0 aromatic carbocycles. The van der Waals surface area contributed by atoms with Crippen molar-refractivity contribution in [3.8, 4) is 0 Å². The molecule has 3 heteroatoms. The zero-order chi connectivity index (χ0) is 19.0. The molecule has 0 saturated carbocycles. The van der Waals surface area contributed by atoms with Gasteiger partial charge in [-0.05, 0) is 37.0 Å². The summed E-state index contributed by atoms with van der Waals surface area (Å²) in [6.07, 6.45) is 8.47. The number of rotatable bonds is 11. The minimum atomic E-state index is 0.231. The molecule has 1 rings (SSSR count). The predicted octanol–water partition coefficient (Wildman–Crippen LogP) is 5.10. The van der Waals surface area contributed by atoms with E-state index in [1.165, 1.54) is 25.0 Å². The SMILES string of the molecule is C=CC(C)[C@@H](CC)[C@@H]1CCCN1C(=C)C[C@@H](CC)CN(C)C(=O)CC. The van der Waals surface area contributed by atoms with Crippen LogP contribution in [0.25, 0.3) is 0 Å². The molecule has 25 heavy (non-hydrogen) atoms. The Morgan fingerprint density at radius 1 is 1.32 bits per heavy atom. The van der Waals surface area contributed by atoms with E-state index in [2.05, 4.69) is 44.9 Å². The van der Waals surface area contributed by atoms with E-state index >= 15 is 0 Å². The molecule has 1 aliphatic heterocycles. The van der Waals surface area contributed by atoms with Crippen LogP contribution in [0.3, 0.4) is 0 Å². The lowest BCUT2D eigenvalue weighted by atomic mass is 9.83. The van der Waals surface area contributed by atoms with E-state index in [-0.39, 0.29) is 5.91 Å². The van der Waals surface area contributed by atoms with Crippen molar-refractivity contribution >= 4 is 5.91 Å². The van der Waals surface area contributed by atoms with Crippen LogP contribution in [0, 0.1) is 17.8 Å². The van der Waals surface area contributed by atoms with E-state index in [0.717, 1.165) is 25.9 Å². The zero-order valence-corrected chi connectivity index (χ0v) is 17.3. The first kappa shape index (κ1) is 21.8. The van der Waals surface area contributed by atoms with Gasteiger partial charge in [0.2, 0.25) is 5.91 Å². The Bertz CT molecular complexity index is 445. The van der Waals surface area contributed by atoms with Gasteiger partial charge in [-0.3, -0.25) is 4.79 Å². The Balaban J connectivity index is 2.72. The molecule has 0 aliphatic carbocycles. The summed E-state index contributed by atoms with van der Waals surface area (Å²) in [5.74, 6) is 1.92. The molecule has 0 bridgehead atoms. The molecule has 1 fully saturated rings. The van der Waals surface area contributed by atoms with Crippen LogP contribution in [0.4, 0.5) is 0 Å². The van der Waals surface area contributed by atoms with Crippen molar-refractivity contribution in [2.75, 3.05) is 20.1 Å². The molecule has 1 saturated heterocycles. The number of likely N-dealkylation sites (tertiary alicyclic amines) is 1. The highest BCUT2D eigenvalue weighted by Gasteiger charge is 2.33. The van der Waals surface area contributed by atoms with Crippen LogP contribution in [0.15, 0.2) is 24.9 Å². The van der Waals surface area contributed by atoms with Gasteiger partial charge in [-0.2, -0.15) is 0 Å². The van der Waals surface area contributed by atoms with Crippen LogP contribution in [0.2, 0.25) is 0 Å². The highest BCUT2D eigenvalue weighted by molar-refractivity contribution is 5.75. The first-order valence-electron chi connectivity index (χ1n) is 10.2. The third kappa shape index (κ3) is 5.90. The number of hydrogen-bond donors (Lipinski definition) is 0. The Hall–Kier alpha value is -1.25. The van der Waals surface area contributed by atoms with Crippen molar-refractivity contribution in [2.24, 2.45) is 17.8 Å². The first-order chi connectivity index (χ1) is 11.9. The lowest BCUT2D eigenvalue weighted by Gasteiger charge is -2.37. The standard InChI is InChI=1S/C22H40N2O/c1-8-17(5)20(10-3)21-13-12-14-24(21)18(6)15-19(9-2)16-23(7)22(25)11-4/h8,17,19-21H,1,6,9-16H2,2-5,7H3/t17?,19-,20-,21+/m1/s1. The molecule has 1 heterocycles. The van der Waals surface area contributed by atoms with Gasteiger partial charge in [-0.1, -0.05) is 53.2 Å². The van der Waals surface area contributed by atoms with Gasteiger partial charge < -0.3 is 9.80 Å². The maximum absolute atomic E-state index is 11.9. The summed E-state index contributed by atoms with van der Waals surface area (Å²) in [5, 5.41) is 0. The topological polar surface area (TPSA) is 23.6 Å². The third-order valence-corrected chi connectivity index (χ3v) is 6.08. The van der Waals surface area contributed by atoms with Crippen molar-refractivity contribution in [2.45, 2.75) is 72.3 Å². The fourth-order valence-electron chi connectivity index (χ4n) is 4.35. The fraction of sp³-hybridized carbons (Fsp3) is 0.773. The zero-order valence-electron chi connectivity index (χ0n) is 17.3. The van der Waals surface area contributed by atoms with Crippen LogP contribution in [-0.4, -0.2) is 41.9 Å². The molecule has 1 aliphatic rings. The summed E-state index contributed by atoms with van der Waals surface area (Å²) in [6, 6.07) is 0.595. The molecule has 0 radical (unpaired) electrons. The molecule has 0 aromatic heterocycles. The van der Waals surface area contributed by atoms with Gasteiger partial charge in [-0.15, -0.1) is 6.58 Å². The second kappa shape index (κ2) is 10.7. The lowest BCUT2D eigenvalue weighted by molar-refractivity contribution is -0.130. The van der Waals surface area contributed by atoms with Gasteiger partial charge in [0.25, 0.3) is 0 Å². The Kier molecular flexibility index (Phi) is 9.31. The van der Waals surface area contributed by atoms with Gasteiger partial charge in [-0.25, -0.2) is 0 Å². The van der Waals surface area contributed by atoms with Gasteiger partial charge in [0.15, 0.2) is 0 Å². The van der Waals surface area contributed by atoms with Crippen LogP contribution < -0.4 is 0 Å². The summed E-state index contributed by atoms with van der Waals surface area (Å²) < 4.78 is 0. The minimum Gasteiger partial charge on any atom is -0.372 e. The first-order valence-corrected chi connectivity index (χ1v) is 10.2. The second-order valence-corrected chi connectivity index (χ2v) is 7.74. The number of allylic oxidation sites excluding steroid dienone is 2. The Morgan fingerprint density at radius 2 is 2.00 bits per heavy atom. The molecule has 0 N–H and O–H groups in total. The molecule has 1 unspecified atom stereocenters. The maximum Gasteiger partial charge on any atom is 0.222 e. The maximum atomic E-state index is 11.9. The van der Waals surface area contributed by atoms with Crippen LogP contribution in [-0.2, 0) is 4.79 Å². The van der Waals surface area contributed by atoms with Crippen molar-refractivity contribution in [3.63, 3.8) is 0 Å². The monoisotopic (exact) mass is 348 g/mol. The molecule has 4 atom stereocenters. The quantitative estimate of drug-likeness (QED) is 0.485. The van der Waals surface area contributed by atoms with Crippen LogP contribution in [0.5, 0.6) is 0 Å². The van der Waals surface area contributed by atoms with E-state index in [1.54, 1.807) is 0 Å². The highest BCUT2D eigenvalue weighted by Crippen LogP contribution is 2.35. The number of nitrogens with zero attached hydrogens (tertiary/aromatic N) is 2. The van der Waals surface area contributed by atoms with Gasteiger partial charge in [0, 0.05) is 38.3 Å². The van der Waals surface area contributed by atoms with Gasteiger partial charge >= 0.3 is 0 Å². The smallest absolute Gasteiger partial charge is 0.222 e. The third-order valence-electron chi connectivity index (χ3n) is 6.08. The summed E-state index contributed by atoms with van der Waals surface area (Å²) in [5.41, 5.74) is 1.27. The minimum absolute atomic E-state index is 0.231. The molecule has 3 nitrogen and oxygen atoms in total.